The number of carbonyl (C=O) groups excluding carboxylic acids is 1. The predicted octanol–water partition coefficient (Wildman–Crippen LogP) is 3.55. The van der Waals surface area contributed by atoms with E-state index in [0.717, 1.165) is 24.8 Å². The maximum atomic E-state index is 11.8. The molecule has 0 spiro atoms. The first kappa shape index (κ1) is 17.9. The minimum Gasteiger partial charge on any atom is -0.478 e. The van der Waals surface area contributed by atoms with Crippen molar-refractivity contribution in [1.29, 1.82) is 0 Å². The van der Waals surface area contributed by atoms with Crippen LogP contribution < -0.4 is 5.32 Å². The molecule has 0 bridgehead atoms. The molecule has 2 aliphatic rings. The van der Waals surface area contributed by atoms with Gasteiger partial charge in [0.1, 0.15) is 0 Å². The van der Waals surface area contributed by atoms with E-state index in [2.05, 4.69) is 19.2 Å². The average Bonchev–Trinajstić information content (AvgIpc) is 2.53. The summed E-state index contributed by atoms with van der Waals surface area (Å²) >= 11 is 0. The Morgan fingerprint density at radius 2 is 2.08 bits per heavy atom. The quantitative estimate of drug-likeness (QED) is 0.878. The number of amides is 1. The summed E-state index contributed by atoms with van der Waals surface area (Å²) in [6.45, 7) is 5.91. The number of nitrogens with one attached hydrogen (secondary N) is 1. The second-order valence-corrected chi connectivity index (χ2v) is 7.92. The van der Waals surface area contributed by atoms with E-state index in [-0.39, 0.29) is 29.2 Å². The maximum absolute atomic E-state index is 11.8. The van der Waals surface area contributed by atoms with Crippen LogP contribution in [0.1, 0.15) is 68.5 Å². The van der Waals surface area contributed by atoms with Gasteiger partial charge in [0.05, 0.1) is 17.8 Å². The molecular formula is C20H27NO4. The molecule has 0 unspecified atom stereocenters. The molecule has 0 aromatic heterocycles. The molecule has 25 heavy (non-hydrogen) atoms. The van der Waals surface area contributed by atoms with Crippen LogP contribution in [0, 0.1) is 11.8 Å². The molecule has 5 nitrogen and oxygen atoms in total. The minimum absolute atomic E-state index is 0.0280. The van der Waals surface area contributed by atoms with Gasteiger partial charge in [-0.3, -0.25) is 4.79 Å². The van der Waals surface area contributed by atoms with Crippen molar-refractivity contribution in [2.75, 3.05) is 0 Å². The van der Waals surface area contributed by atoms with Crippen molar-refractivity contribution in [2.24, 2.45) is 11.8 Å². The third-order valence-electron chi connectivity index (χ3n) is 5.79. The normalized spacial score (nSPS) is 34.8. The molecule has 1 aromatic carbocycles. The zero-order chi connectivity index (χ0) is 18.2. The fourth-order valence-electron chi connectivity index (χ4n) is 4.62. The van der Waals surface area contributed by atoms with Crippen LogP contribution in [-0.2, 0) is 9.53 Å². The SMILES string of the molecule is CC(=O)N[C@]1(C)C[C@H](c2cccc(C(=O)O)c2)O[C@@H]2C[C@H](C)CC[C@H]21. The molecule has 0 radical (unpaired) electrons. The first-order valence-electron chi connectivity index (χ1n) is 9.06. The van der Waals surface area contributed by atoms with Gasteiger partial charge in [0, 0.05) is 24.8 Å². The number of aromatic carboxylic acids is 1. The zero-order valence-electron chi connectivity index (χ0n) is 15.1. The lowest BCUT2D eigenvalue weighted by molar-refractivity contribution is -0.153. The number of carboxylic acids is 1. The van der Waals surface area contributed by atoms with Crippen LogP contribution in [0.4, 0.5) is 0 Å². The first-order valence-corrected chi connectivity index (χ1v) is 9.06. The number of hydrogen-bond donors (Lipinski definition) is 2. The zero-order valence-corrected chi connectivity index (χ0v) is 15.1. The fourth-order valence-corrected chi connectivity index (χ4v) is 4.62. The second kappa shape index (κ2) is 6.79. The highest BCUT2D eigenvalue weighted by Gasteiger charge is 2.49. The highest BCUT2D eigenvalue weighted by molar-refractivity contribution is 5.87. The van der Waals surface area contributed by atoms with E-state index < -0.39 is 5.97 Å². The Morgan fingerprint density at radius 1 is 1.32 bits per heavy atom. The number of benzene rings is 1. The van der Waals surface area contributed by atoms with Crippen LogP contribution in [0.2, 0.25) is 0 Å². The molecular weight excluding hydrogens is 318 g/mol. The molecule has 1 saturated carbocycles. The molecule has 2 fully saturated rings. The smallest absolute Gasteiger partial charge is 0.335 e. The van der Waals surface area contributed by atoms with Gasteiger partial charge in [0.15, 0.2) is 0 Å². The highest BCUT2D eigenvalue weighted by Crippen LogP contribution is 2.47. The Balaban J connectivity index is 1.92. The molecule has 5 heteroatoms. The second-order valence-electron chi connectivity index (χ2n) is 7.92. The largest absolute Gasteiger partial charge is 0.478 e. The van der Waals surface area contributed by atoms with Crippen molar-refractivity contribution in [2.45, 2.75) is 64.2 Å². The highest BCUT2D eigenvalue weighted by atomic mass is 16.5. The summed E-state index contributed by atoms with van der Waals surface area (Å²) in [7, 11) is 0. The van der Waals surface area contributed by atoms with Gasteiger partial charge in [-0.05, 0) is 43.4 Å². The van der Waals surface area contributed by atoms with Gasteiger partial charge in [-0.15, -0.1) is 0 Å². The van der Waals surface area contributed by atoms with Crippen molar-refractivity contribution in [1.82, 2.24) is 5.32 Å². The van der Waals surface area contributed by atoms with Gasteiger partial charge in [0.25, 0.3) is 0 Å². The molecule has 1 aromatic rings. The van der Waals surface area contributed by atoms with Crippen LogP contribution >= 0.6 is 0 Å². The van der Waals surface area contributed by atoms with Gasteiger partial charge in [-0.1, -0.05) is 25.5 Å². The number of fused-ring (bicyclic) bond motifs is 1. The average molecular weight is 345 g/mol. The van der Waals surface area contributed by atoms with E-state index in [1.807, 2.05) is 6.07 Å². The van der Waals surface area contributed by atoms with E-state index in [1.165, 1.54) is 0 Å². The lowest BCUT2D eigenvalue weighted by Crippen LogP contribution is -2.60. The Morgan fingerprint density at radius 3 is 2.76 bits per heavy atom. The van der Waals surface area contributed by atoms with Crippen molar-refractivity contribution >= 4 is 11.9 Å². The Labute approximate surface area is 148 Å². The number of carbonyl (C=O) groups is 2. The van der Waals surface area contributed by atoms with Crippen LogP contribution in [0.3, 0.4) is 0 Å². The standard InChI is InChI=1S/C20H27NO4/c1-12-7-8-16-17(9-12)25-18(11-20(16,3)21-13(2)22)14-5-4-6-15(10-14)19(23)24/h4-6,10,12,16-18H,7-9,11H2,1-3H3,(H,21,22)(H,23,24)/t12-,16-,17-,18-,20-/m1/s1. The van der Waals surface area contributed by atoms with Crippen molar-refractivity contribution in [3.05, 3.63) is 35.4 Å². The van der Waals surface area contributed by atoms with E-state index in [1.54, 1.807) is 25.1 Å². The third-order valence-corrected chi connectivity index (χ3v) is 5.79. The summed E-state index contributed by atoms with van der Waals surface area (Å²) < 4.78 is 6.41. The summed E-state index contributed by atoms with van der Waals surface area (Å²) in [6, 6.07) is 6.95. The van der Waals surface area contributed by atoms with Crippen LogP contribution in [0.25, 0.3) is 0 Å². The summed E-state index contributed by atoms with van der Waals surface area (Å²) in [6.07, 6.45) is 3.72. The van der Waals surface area contributed by atoms with Gasteiger partial charge >= 0.3 is 5.97 Å². The number of ether oxygens (including phenoxy) is 1. The number of carboxylic acid groups (broad SMARTS) is 1. The maximum Gasteiger partial charge on any atom is 0.335 e. The first-order chi connectivity index (χ1) is 11.8. The lowest BCUT2D eigenvalue weighted by Gasteiger charge is -2.52. The topological polar surface area (TPSA) is 75.6 Å². The minimum atomic E-state index is -0.938. The van der Waals surface area contributed by atoms with E-state index >= 15 is 0 Å². The van der Waals surface area contributed by atoms with E-state index in [9.17, 15) is 14.7 Å². The number of hydrogen-bond acceptors (Lipinski definition) is 3. The molecule has 1 amide bonds. The van der Waals surface area contributed by atoms with Gasteiger partial charge in [-0.25, -0.2) is 4.79 Å². The van der Waals surface area contributed by atoms with Crippen molar-refractivity contribution in [3.63, 3.8) is 0 Å². The molecule has 3 rings (SSSR count). The van der Waals surface area contributed by atoms with Gasteiger partial charge in [0.2, 0.25) is 5.91 Å². The predicted molar refractivity (Wildman–Crippen MR) is 94.4 cm³/mol. The fraction of sp³-hybridized carbons (Fsp3) is 0.600. The van der Waals surface area contributed by atoms with E-state index in [4.69, 9.17) is 4.74 Å². The molecule has 1 saturated heterocycles. The van der Waals surface area contributed by atoms with E-state index in [0.29, 0.717) is 18.3 Å². The third kappa shape index (κ3) is 3.71. The number of rotatable bonds is 3. The van der Waals surface area contributed by atoms with Crippen molar-refractivity contribution < 1.29 is 19.4 Å². The van der Waals surface area contributed by atoms with Crippen molar-refractivity contribution in [3.8, 4) is 0 Å². The van der Waals surface area contributed by atoms with Crippen LogP contribution in [-0.4, -0.2) is 28.6 Å². The Kier molecular flexibility index (Phi) is 4.87. The Hall–Kier alpha value is -1.88. The van der Waals surface area contributed by atoms with Crippen LogP contribution in [0.5, 0.6) is 0 Å². The molecule has 1 heterocycles. The summed E-state index contributed by atoms with van der Waals surface area (Å²) in [5.41, 5.74) is 0.799. The van der Waals surface area contributed by atoms with Crippen LogP contribution in [0.15, 0.2) is 24.3 Å². The summed E-state index contributed by atoms with van der Waals surface area (Å²) in [5, 5.41) is 12.4. The molecule has 1 aliphatic heterocycles. The lowest BCUT2D eigenvalue weighted by atomic mass is 9.66. The summed E-state index contributed by atoms with van der Waals surface area (Å²) in [5.74, 6) is -0.0651. The molecule has 136 valence electrons. The monoisotopic (exact) mass is 345 g/mol. The molecule has 1 aliphatic carbocycles. The molecule has 2 N–H and O–H groups in total. The molecule has 5 atom stereocenters. The summed E-state index contributed by atoms with van der Waals surface area (Å²) in [4.78, 5) is 23.1. The Bertz CT molecular complexity index is 673. The van der Waals surface area contributed by atoms with Gasteiger partial charge < -0.3 is 15.2 Å². The van der Waals surface area contributed by atoms with Gasteiger partial charge in [-0.2, -0.15) is 0 Å².